The highest BCUT2D eigenvalue weighted by molar-refractivity contribution is 5.82. The van der Waals surface area contributed by atoms with Gasteiger partial charge >= 0.3 is 0 Å². The molecule has 0 amide bonds. The number of carbonyl (C=O) groups is 1. The summed E-state index contributed by atoms with van der Waals surface area (Å²) >= 11 is 0. The standard InChI is InChI=1S/C20H32O2/c1-13-6-8-17-18(20(17,4)5)12-15(3)19(22)9-7-14(2)11-16(21)10-13/h7,10,15-18,21H,6,8-9,11-12H2,1-5H3/t15-,16+,17-,18+/m1/s1. The minimum atomic E-state index is -0.422. The molecule has 4 atom stereocenters. The summed E-state index contributed by atoms with van der Waals surface area (Å²) in [6, 6.07) is 0. The van der Waals surface area contributed by atoms with E-state index in [9.17, 15) is 9.90 Å². The van der Waals surface area contributed by atoms with Crippen molar-refractivity contribution in [3.05, 3.63) is 23.3 Å². The van der Waals surface area contributed by atoms with Gasteiger partial charge in [0.15, 0.2) is 0 Å². The van der Waals surface area contributed by atoms with Crippen molar-refractivity contribution in [3.8, 4) is 0 Å². The first-order valence-electron chi connectivity index (χ1n) is 8.75. The van der Waals surface area contributed by atoms with Crippen molar-refractivity contribution in [2.75, 3.05) is 0 Å². The van der Waals surface area contributed by atoms with Crippen molar-refractivity contribution in [1.29, 1.82) is 0 Å². The van der Waals surface area contributed by atoms with Crippen molar-refractivity contribution >= 4 is 5.78 Å². The maximum atomic E-state index is 12.3. The zero-order valence-corrected chi connectivity index (χ0v) is 14.9. The molecular formula is C20H32O2. The van der Waals surface area contributed by atoms with Crippen LogP contribution >= 0.6 is 0 Å². The van der Waals surface area contributed by atoms with Crippen LogP contribution in [0.2, 0.25) is 0 Å². The first kappa shape index (κ1) is 17.5. The zero-order valence-electron chi connectivity index (χ0n) is 14.9. The molecule has 2 aliphatic carbocycles. The monoisotopic (exact) mass is 304 g/mol. The summed E-state index contributed by atoms with van der Waals surface area (Å²) < 4.78 is 0. The molecule has 0 aromatic heterocycles. The second-order valence-corrected chi connectivity index (χ2v) is 8.22. The van der Waals surface area contributed by atoms with Crippen LogP contribution < -0.4 is 0 Å². The molecule has 0 saturated heterocycles. The lowest BCUT2D eigenvalue weighted by molar-refractivity contribution is -0.121. The number of hydrogen-bond acceptors (Lipinski definition) is 2. The molecular weight excluding hydrogens is 272 g/mol. The highest BCUT2D eigenvalue weighted by Gasteiger charge is 2.56. The van der Waals surface area contributed by atoms with Gasteiger partial charge in [0.2, 0.25) is 0 Å². The lowest BCUT2D eigenvalue weighted by atomic mass is 9.93. The summed E-state index contributed by atoms with van der Waals surface area (Å²) in [6.45, 7) is 10.9. The predicted molar refractivity (Wildman–Crippen MR) is 91.5 cm³/mol. The molecule has 2 aliphatic rings. The van der Waals surface area contributed by atoms with E-state index in [0.717, 1.165) is 24.3 Å². The van der Waals surface area contributed by atoms with Gasteiger partial charge in [-0.2, -0.15) is 0 Å². The highest BCUT2D eigenvalue weighted by Crippen LogP contribution is 2.63. The molecule has 0 heterocycles. The van der Waals surface area contributed by atoms with Crippen molar-refractivity contribution in [1.82, 2.24) is 0 Å². The van der Waals surface area contributed by atoms with Crippen LogP contribution in [0.5, 0.6) is 0 Å². The molecule has 1 fully saturated rings. The molecule has 0 bridgehead atoms. The van der Waals surface area contributed by atoms with Crippen LogP contribution in [-0.2, 0) is 4.79 Å². The smallest absolute Gasteiger partial charge is 0.139 e. The van der Waals surface area contributed by atoms with E-state index >= 15 is 0 Å². The van der Waals surface area contributed by atoms with Crippen molar-refractivity contribution in [3.63, 3.8) is 0 Å². The summed E-state index contributed by atoms with van der Waals surface area (Å²) in [5, 5.41) is 10.2. The first-order chi connectivity index (χ1) is 10.2. The number of Topliss-reactive ketones (excluding diaryl/α,β-unsaturated/α-hetero) is 1. The number of ketones is 1. The maximum absolute atomic E-state index is 12.3. The second-order valence-electron chi connectivity index (χ2n) is 8.22. The largest absolute Gasteiger partial charge is 0.389 e. The average Bonchev–Trinajstić information content (AvgIpc) is 2.92. The Kier molecular flexibility index (Phi) is 5.32. The van der Waals surface area contributed by atoms with Gasteiger partial charge in [0, 0.05) is 12.3 Å². The molecule has 1 N–H and O–H groups in total. The second kappa shape index (κ2) is 6.70. The quantitative estimate of drug-likeness (QED) is 0.660. The Balaban J connectivity index is 2.14. The number of carbonyl (C=O) groups excluding carboxylic acids is 1. The number of hydrogen-bond donors (Lipinski definition) is 1. The van der Waals surface area contributed by atoms with Crippen LogP contribution in [0, 0.1) is 23.2 Å². The fourth-order valence-corrected chi connectivity index (χ4v) is 4.15. The molecule has 0 spiro atoms. The van der Waals surface area contributed by atoms with Gasteiger partial charge in [0.25, 0.3) is 0 Å². The number of aliphatic hydroxyl groups is 1. The predicted octanol–water partition coefficient (Wildman–Crippen LogP) is 4.68. The van der Waals surface area contributed by atoms with E-state index in [4.69, 9.17) is 0 Å². The number of rotatable bonds is 0. The van der Waals surface area contributed by atoms with E-state index in [1.807, 2.05) is 19.1 Å². The molecule has 0 aromatic carbocycles. The highest BCUT2D eigenvalue weighted by atomic mass is 16.3. The summed E-state index contributed by atoms with van der Waals surface area (Å²) in [7, 11) is 0. The fourth-order valence-electron chi connectivity index (χ4n) is 4.15. The van der Waals surface area contributed by atoms with Crippen molar-refractivity contribution in [2.45, 2.75) is 72.8 Å². The molecule has 1 saturated carbocycles. The Labute approximate surface area is 135 Å². The van der Waals surface area contributed by atoms with E-state index < -0.39 is 6.10 Å². The van der Waals surface area contributed by atoms with Crippen LogP contribution in [0.1, 0.15) is 66.7 Å². The first-order valence-corrected chi connectivity index (χ1v) is 8.75. The van der Waals surface area contributed by atoms with Crippen molar-refractivity contribution in [2.24, 2.45) is 23.2 Å². The van der Waals surface area contributed by atoms with Gasteiger partial charge < -0.3 is 5.11 Å². The number of allylic oxidation sites excluding steroid dienone is 2. The third-order valence-corrected chi connectivity index (χ3v) is 5.95. The molecule has 0 unspecified atom stereocenters. The Hall–Kier alpha value is -0.890. The fraction of sp³-hybridized carbons (Fsp3) is 0.750. The summed E-state index contributed by atoms with van der Waals surface area (Å²) in [5.41, 5.74) is 2.78. The Morgan fingerprint density at radius 3 is 2.55 bits per heavy atom. The summed E-state index contributed by atoms with van der Waals surface area (Å²) in [5.74, 6) is 1.91. The van der Waals surface area contributed by atoms with Crippen LogP contribution in [0.15, 0.2) is 23.3 Å². The van der Waals surface area contributed by atoms with Crippen molar-refractivity contribution < 1.29 is 9.90 Å². The summed E-state index contributed by atoms with van der Waals surface area (Å²) in [4.78, 5) is 12.3. The third-order valence-electron chi connectivity index (χ3n) is 5.95. The Morgan fingerprint density at radius 2 is 1.86 bits per heavy atom. The zero-order chi connectivity index (χ0) is 16.5. The molecule has 124 valence electrons. The number of aliphatic hydroxyl groups excluding tert-OH is 1. The van der Waals surface area contributed by atoms with Gasteiger partial charge in [0.1, 0.15) is 5.78 Å². The van der Waals surface area contributed by atoms with Gasteiger partial charge in [-0.15, -0.1) is 0 Å². The minimum Gasteiger partial charge on any atom is -0.389 e. The van der Waals surface area contributed by atoms with Crippen LogP contribution in [0.4, 0.5) is 0 Å². The minimum absolute atomic E-state index is 0.155. The van der Waals surface area contributed by atoms with Gasteiger partial charge in [-0.25, -0.2) is 0 Å². The molecule has 0 aromatic rings. The molecule has 2 heteroatoms. The molecule has 0 aliphatic heterocycles. The SMILES string of the molecule is CC1=C[C@H](O)CC(C)=CCC(=O)[C@H](C)C[C@H]2[C@@H](CC1)C2(C)C. The molecule has 2 nitrogen and oxygen atoms in total. The van der Waals surface area contributed by atoms with E-state index in [1.165, 1.54) is 12.0 Å². The van der Waals surface area contributed by atoms with E-state index in [-0.39, 0.29) is 5.92 Å². The van der Waals surface area contributed by atoms with E-state index in [2.05, 4.69) is 27.7 Å². The molecule has 0 radical (unpaired) electrons. The van der Waals surface area contributed by atoms with Gasteiger partial charge in [-0.05, 0) is 56.8 Å². The lowest BCUT2D eigenvalue weighted by Crippen LogP contribution is -2.12. The molecule has 22 heavy (non-hydrogen) atoms. The maximum Gasteiger partial charge on any atom is 0.139 e. The van der Waals surface area contributed by atoms with Crippen LogP contribution in [0.25, 0.3) is 0 Å². The normalized spacial score (nSPS) is 36.7. The van der Waals surface area contributed by atoms with E-state index in [1.54, 1.807) is 0 Å². The van der Waals surface area contributed by atoms with E-state index in [0.29, 0.717) is 30.0 Å². The Bertz CT molecular complexity index is 484. The van der Waals surface area contributed by atoms with Crippen LogP contribution in [-0.4, -0.2) is 17.0 Å². The third kappa shape index (κ3) is 4.10. The average molecular weight is 304 g/mol. The van der Waals surface area contributed by atoms with Gasteiger partial charge in [0.05, 0.1) is 6.10 Å². The summed E-state index contributed by atoms with van der Waals surface area (Å²) in [6.07, 6.45) is 8.01. The topological polar surface area (TPSA) is 37.3 Å². The van der Waals surface area contributed by atoms with Gasteiger partial charge in [-0.1, -0.05) is 44.1 Å². The lowest BCUT2D eigenvalue weighted by Gasteiger charge is -2.12. The Morgan fingerprint density at radius 1 is 1.18 bits per heavy atom. The number of fused-ring (bicyclic) bond motifs is 1. The van der Waals surface area contributed by atoms with Crippen LogP contribution in [0.3, 0.4) is 0 Å². The molecule has 2 rings (SSSR count). The van der Waals surface area contributed by atoms with Gasteiger partial charge in [-0.3, -0.25) is 4.79 Å².